The van der Waals surface area contributed by atoms with Crippen LogP contribution in [0.1, 0.15) is 37.0 Å². The molecule has 1 N–H and O–H groups in total. The Kier molecular flexibility index (Phi) is 8.81. The second kappa shape index (κ2) is 11.6. The van der Waals surface area contributed by atoms with E-state index in [4.69, 9.17) is 16.3 Å². The summed E-state index contributed by atoms with van der Waals surface area (Å²) in [5.74, 6) is 1.51. The third-order valence-electron chi connectivity index (χ3n) is 5.42. The van der Waals surface area contributed by atoms with Crippen molar-refractivity contribution in [1.29, 1.82) is 0 Å². The molecule has 0 aromatic heterocycles. The molecule has 0 saturated carbocycles. The zero-order valence-corrected chi connectivity index (χ0v) is 19.6. The Morgan fingerprint density at radius 3 is 2.24 bits per heavy atom. The van der Waals surface area contributed by atoms with E-state index in [1.807, 2.05) is 30.3 Å². The number of nitrogens with one attached hydrogen (secondary N) is 1. The van der Waals surface area contributed by atoms with Crippen LogP contribution in [0, 0.1) is 5.92 Å². The fourth-order valence-electron chi connectivity index (χ4n) is 3.44. The zero-order valence-electron chi connectivity index (χ0n) is 18.9. The van der Waals surface area contributed by atoms with Crippen LogP contribution in [0.15, 0.2) is 66.7 Å². The van der Waals surface area contributed by atoms with Crippen LogP contribution in [-0.4, -0.2) is 13.1 Å². The summed E-state index contributed by atoms with van der Waals surface area (Å²) >= 11 is 6.46. The summed E-state index contributed by atoms with van der Waals surface area (Å²) in [5, 5.41) is 3.98. The smallest absolute Gasteiger partial charge is 0.416 e. The number of alkyl halides is 3. The van der Waals surface area contributed by atoms with E-state index in [9.17, 15) is 13.2 Å². The van der Waals surface area contributed by atoms with Gasteiger partial charge in [0.05, 0.1) is 5.56 Å². The zero-order chi connectivity index (χ0) is 23.8. The Morgan fingerprint density at radius 1 is 0.879 bits per heavy atom. The summed E-state index contributed by atoms with van der Waals surface area (Å²) in [5.41, 5.74) is 2.71. The molecule has 0 spiro atoms. The highest BCUT2D eigenvalue weighted by molar-refractivity contribution is 6.31. The van der Waals surface area contributed by atoms with Gasteiger partial charge in [0.15, 0.2) is 0 Å². The van der Waals surface area contributed by atoms with Crippen LogP contribution < -0.4 is 10.1 Å². The van der Waals surface area contributed by atoms with Crippen molar-refractivity contribution >= 4 is 11.6 Å². The molecule has 0 aliphatic carbocycles. The van der Waals surface area contributed by atoms with Gasteiger partial charge in [-0.2, -0.15) is 13.2 Å². The molecule has 0 fully saturated rings. The summed E-state index contributed by atoms with van der Waals surface area (Å²) in [4.78, 5) is 0. The average molecular weight is 476 g/mol. The Labute approximate surface area is 198 Å². The molecule has 0 bridgehead atoms. The molecule has 33 heavy (non-hydrogen) atoms. The van der Waals surface area contributed by atoms with Gasteiger partial charge in [0.2, 0.25) is 0 Å². The molecule has 3 aromatic rings. The van der Waals surface area contributed by atoms with Gasteiger partial charge in [-0.1, -0.05) is 67.9 Å². The lowest BCUT2D eigenvalue weighted by molar-refractivity contribution is -0.137. The number of benzene rings is 3. The number of rotatable bonds is 10. The molecule has 0 atom stereocenters. The van der Waals surface area contributed by atoms with Crippen molar-refractivity contribution in [2.24, 2.45) is 5.92 Å². The average Bonchev–Trinajstić information content (AvgIpc) is 2.78. The molecule has 0 amide bonds. The third-order valence-corrected chi connectivity index (χ3v) is 5.78. The first-order valence-electron chi connectivity index (χ1n) is 11.1. The van der Waals surface area contributed by atoms with Gasteiger partial charge in [0.25, 0.3) is 0 Å². The molecule has 0 unspecified atom stereocenters. The SMILES string of the molecule is CC(C)CCNCCc1ccccc1OCc1ccc(-c2ccc(C(F)(F)F)cc2)cc1Cl. The minimum absolute atomic E-state index is 0.309. The molecule has 0 radical (unpaired) electrons. The number of ether oxygens (including phenoxy) is 1. The quantitative estimate of drug-likeness (QED) is 0.302. The number of halogens is 4. The fourth-order valence-corrected chi connectivity index (χ4v) is 3.68. The van der Waals surface area contributed by atoms with Gasteiger partial charge < -0.3 is 10.1 Å². The maximum absolute atomic E-state index is 12.8. The van der Waals surface area contributed by atoms with Crippen molar-refractivity contribution in [3.63, 3.8) is 0 Å². The van der Waals surface area contributed by atoms with E-state index in [1.54, 1.807) is 6.07 Å². The van der Waals surface area contributed by atoms with Crippen molar-refractivity contribution in [2.45, 2.75) is 39.5 Å². The van der Waals surface area contributed by atoms with Crippen LogP contribution in [-0.2, 0) is 19.2 Å². The van der Waals surface area contributed by atoms with E-state index < -0.39 is 11.7 Å². The largest absolute Gasteiger partial charge is 0.489 e. The van der Waals surface area contributed by atoms with Gasteiger partial charge in [0, 0.05) is 10.6 Å². The molecule has 3 rings (SSSR count). The van der Waals surface area contributed by atoms with E-state index in [-0.39, 0.29) is 0 Å². The van der Waals surface area contributed by atoms with Gasteiger partial charge in [-0.05, 0) is 72.8 Å². The maximum Gasteiger partial charge on any atom is 0.416 e. The van der Waals surface area contributed by atoms with Gasteiger partial charge in [-0.3, -0.25) is 0 Å². The molecule has 6 heteroatoms. The van der Waals surface area contributed by atoms with Crippen LogP contribution in [0.5, 0.6) is 5.75 Å². The van der Waals surface area contributed by atoms with Crippen LogP contribution in [0.2, 0.25) is 5.02 Å². The topological polar surface area (TPSA) is 21.3 Å². The second-order valence-corrected chi connectivity index (χ2v) is 8.87. The molecular formula is C27H29ClF3NO. The van der Waals surface area contributed by atoms with Crippen molar-refractivity contribution < 1.29 is 17.9 Å². The maximum atomic E-state index is 12.8. The molecule has 0 aliphatic rings. The molecule has 0 saturated heterocycles. The summed E-state index contributed by atoms with van der Waals surface area (Å²) in [6, 6.07) is 18.5. The first-order valence-corrected chi connectivity index (χ1v) is 11.5. The summed E-state index contributed by atoms with van der Waals surface area (Å²) in [6.45, 7) is 6.62. The Hall–Kier alpha value is -2.50. The van der Waals surface area contributed by atoms with Gasteiger partial charge in [-0.25, -0.2) is 0 Å². The minimum atomic E-state index is -4.35. The van der Waals surface area contributed by atoms with Gasteiger partial charge in [0.1, 0.15) is 12.4 Å². The molecular weight excluding hydrogens is 447 g/mol. The second-order valence-electron chi connectivity index (χ2n) is 8.46. The predicted octanol–water partition coefficient (Wildman–Crippen LogP) is 7.78. The number of hydrogen-bond donors (Lipinski definition) is 1. The summed E-state index contributed by atoms with van der Waals surface area (Å²) < 4.78 is 44.4. The highest BCUT2D eigenvalue weighted by Gasteiger charge is 2.29. The van der Waals surface area contributed by atoms with Crippen molar-refractivity contribution in [3.05, 3.63) is 88.4 Å². The molecule has 0 heterocycles. The van der Waals surface area contributed by atoms with E-state index >= 15 is 0 Å². The first kappa shape index (κ1) is 25.1. The molecule has 3 aromatic carbocycles. The highest BCUT2D eigenvalue weighted by Crippen LogP contribution is 2.32. The van der Waals surface area contributed by atoms with Crippen LogP contribution >= 0.6 is 11.6 Å². The van der Waals surface area contributed by atoms with Crippen LogP contribution in [0.25, 0.3) is 11.1 Å². The Bertz CT molecular complexity index is 1030. The van der Waals surface area contributed by atoms with Crippen molar-refractivity contribution in [2.75, 3.05) is 13.1 Å². The Morgan fingerprint density at radius 2 is 1.58 bits per heavy atom. The monoisotopic (exact) mass is 475 g/mol. The Balaban J connectivity index is 1.61. The lowest BCUT2D eigenvalue weighted by atomic mass is 10.0. The van der Waals surface area contributed by atoms with Crippen molar-refractivity contribution in [3.8, 4) is 16.9 Å². The minimum Gasteiger partial charge on any atom is -0.489 e. The molecule has 2 nitrogen and oxygen atoms in total. The summed E-state index contributed by atoms with van der Waals surface area (Å²) in [7, 11) is 0. The lowest BCUT2D eigenvalue weighted by Crippen LogP contribution is -2.20. The van der Waals surface area contributed by atoms with E-state index in [0.717, 1.165) is 60.5 Å². The highest BCUT2D eigenvalue weighted by atomic mass is 35.5. The van der Waals surface area contributed by atoms with Crippen LogP contribution in [0.3, 0.4) is 0 Å². The van der Waals surface area contributed by atoms with E-state index in [1.165, 1.54) is 12.1 Å². The lowest BCUT2D eigenvalue weighted by Gasteiger charge is -2.14. The normalized spacial score (nSPS) is 11.7. The first-order chi connectivity index (χ1) is 15.7. The third kappa shape index (κ3) is 7.51. The number of hydrogen-bond acceptors (Lipinski definition) is 2. The molecule has 0 aliphatic heterocycles. The van der Waals surface area contributed by atoms with E-state index in [2.05, 4.69) is 25.2 Å². The van der Waals surface area contributed by atoms with E-state index in [0.29, 0.717) is 23.1 Å². The van der Waals surface area contributed by atoms with Crippen molar-refractivity contribution in [1.82, 2.24) is 5.32 Å². The van der Waals surface area contributed by atoms with Crippen LogP contribution in [0.4, 0.5) is 13.2 Å². The summed E-state index contributed by atoms with van der Waals surface area (Å²) in [6.07, 6.45) is -2.33. The molecule has 176 valence electrons. The standard InChI is InChI=1S/C27H29ClF3NO/c1-19(2)13-15-32-16-14-21-5-3-4-6-26(21)33-18-23-8-7-22(17-25(23)28)20-9-11-24(12-10-20)27(29,30)31/h3-12,17,19,32H,13-16,18H2,1-2H3. The predicted molar refractivity (Wildman–Crippen MR) is 129 cm³/mol. The van der Waals surface area contributed by atoms with Gasteiger partial charge in [-0.15, -0.1) is 0 Å². The van der Waals surface area contributed by atoms with Gasteiger partial charge >= 0.3 is 6.18 Å². The number of para-hydroxylation sites is 1. The fraction of sp³-hybridized carbons (Fsp3) is 0.333.